The first kappa shape index (κ1) is 16.5. The van der Waals surface area contributed by atoms with Crippen LogP contribution < -0.4 is 10.6 Å². The highest BCUT2D eigenvalue weighted by Gasteiger charge is 2.33. The van der Waals surface area contributed by atoms with E-state index in [4.69, 9.17) is 5.11 Å². The molecule has 0 amide bonds. The van der Waals surface area contributed by atoms with Gasteiger partial charge in [-0.1, -0.05) is 20.3 Å². The lowest BCUT2D eigenvalue weighted by Crippen LogP contribution is -2.49. The van der Waals surface area contributed by atoms with Gasteiger partial charge in [0.1, 0.15) is 12.5 Å². The minimum Gasteiger partial charge on any atom is -0.377 e. The van der Waals surface area contributed by atoms with Crippen molar-refractivity contribution in [1.82, 2.24) is 10.3 Å². The molecular weight excluding hydrogens is 276 g/mol. The van der Waals surface area contributed by atoms with Gasteiger partial charge in [0.15, 0.2) is 0 Å². The number of allylic oxidation sites excluding steroid dienone is 2. The molecule has 2 unspecified atom stereocenters. The first-order valence-electron chi connectivity index (χ1n) is 7.84. The fraction of sp³-hybridized carbons (Fsp3) is 0.529. The summed E-state index contributed by atoms with van der Waals surface area (Å²) < 4.78 is 0. The summed E-state index contributed by atoms with van der Waals surface area (Å²) in [7, 11) is 0. The van der Waals surface area contributed by atoms with Crippen molar-refractivity contribution < 1.29 is 5.11 Å². The fourth-order valence-electron chi connectivity index (χ4n) is 2.77. The lowest BCUT2D eigenvalue weighted by Gasteiger charge is -2.37. The number of aliphatic hydroxyl groups is 1. The maximum absolute atomic E-state index is 8.97. The number of pyridine rings is 1. The summed E-state index contributed by atoms with van der Waals surface area (Å²) in [6, 6.07) is 3.98. The van der Waals surface area contributed by atoms with Gasteiger partial charge in [0.2, 0.25) is 0 Å². The number of hydrogen-bond donors (Lipinski definition) is 3. The SMILES string of the molecule is CCCC1=C(C)NC(C)(C(C)c2ccnc(NCO)c2)C=N1. The molecule has 2 atom stereocenters. The number of nitrogens with zero attached hydrogens (tertiary/aromatic N) is 2. The van der Waals surface area contributed by atoms with Gasteiger partial charge < -0.3 is 15.7 Å². The zero-order valence-corrected chi connectivity index (χ0v) is 13.8. The molecule has 0 aromatic carbocycles. The highest BCUT2D eigenvalue weighted by Crippen LogP contribution is 2.31. The average molecular weight is 302 g/mol. The number of anilines is 1. The van der Waals surface area contributed by atoms with E-state index in [-0.39, 0.29) is 18.2 Å². The van der Waals surface area contributed by atoms with Crippen molar-refractivity contribution in [3.05, 3.63) is 35.3 Å². The molecule has 2 rings (SSSR count). The number of aromatic nitrogens is 1. The molecule has 1 aromatic heterocycles. The van der Waals surface area contributed by atoms with Gasteiger partial charge in [0.05, 0.1) is 11.2 Å². The quantitative estimate of drug-likeness (QED) is 0.707. The molecule has 3 N–H and O–H groups in total. The van der Waals surface area contributed by atoms with Crippen LogP contribution in [0.4, 0.5) is 5.82 Å². The summed E-state index contributed by atoms with van der Waals surface area (Å²) in [5.74, 6) is 0.902. The highest BCUT2D eigenvalue weighted by molar-refractivity contribution is 5.75. The monoisotopic (exact) mass is 302 g/mol. The molecule has 0 spiro atoms. The van der Waals surface area contributed by atoms with E-state index in [0.717, 1.165) is 29.8 Å². The predicted molar refractivity (Wildman–Crippen MR) is 91.0 cm³/mol. The lowest BCUT2D eigenvalue weighted by atomic mass is 9.82. The van der Waals surface area contributed by atoms with Crippen LogP contribution in [0.2, 0.25) is 0 Å². The average Bonchev–Trinajstić information content (AvgIpc) is 2.50. The summed E-state index contributed by atoms with van der Waals surface area (Å²) in [6.45, 7) is 8.48. The van der Waals surface area contributed by atoms with E-state index in [0.29, 0.717) is 5.82 Å². The van der Waals surface area contributed by atoms with Crippen LogP contribution in [0.5, 0.6) is 0 Å². The molecule has 1 aliphatic heterocycles. The van der Waals surface area contributed by atoms with Crippen LogP contribution in [-0.4, -0.2) is 28.6 Å². The van der Waals surface area contributed by atoms with E-state index in [1.807, 2.05) is 18.3 Å². The highest BCUT2D eigenvalue weighted by atomic mass is 16.3. The molecule has 0 fully saturated rings. The minimum absolute atomic E-state index is 0.121. The molecule has 0 saturated carbocycles. The van der Waals surface area contributed by atoms with E-state index in [9.17, 15) is 0 Å². The van der Waals surface area contributed by atoms with Crippen molar-refractivity contribution in [2.75, 3.05) is 12.0 Å². The first-order valence-corrected chi connectivity index (χ1v) is 7.84. The van der Waals surface area contributed by atoms with Crippen LogP contribution in [0.3, 0.4) is 0 Å². The topological polar surface area (TPSA) is 69.5 Å². The number of rotatable bonds is 6. The van der Waals surface area contributed by atoms with E-state index < -0.39 is 0 Å². The largest absolute Gasteiger partial charge is 0.377 e. The van der Waals surface area contributed by atoms with Gasteiger partial charge >= 0.3 is 0 Å². The van der Waals surface area contributed by atoms with Crippen molar-refractivity contribution >= 4 is 12.0 Å². The van der Waals surface area contributed by atoms with E-state index in [1.54, 1.807) is 6.20 Å². The zero-order valence-electron chi connectivity index (χ0n) is 13.8. The van der Waals surface area contributed by atoms with Gasteiger partial charge in [-0.3, -0.25) is 4.99 Å². The molecule has 0 radical (unpaired) electrons. The van der Waals surface area contributed by atoms with Crippen LogP contribution in [-0.2, 0) is 0 Å². The Morgan fingerprint density at radius 3 is 2.86 bits per heavy atom. The van der Waals surface area contributed by atoms with Crippen molar-refractivity contribution in [2.24, 2.45) is 4.99 Å². The number of nitrogens with one attached hydrogen (secondary N) is 2. The third-order valence-corrected chi connectivity index (χ3v) is 4.31. The summed E-state index contributed by atoms with van der Waals surface area (Å²) in [6.07, 6.45) is 5.88. The Kier molecular flexibility index (Phi) is 5.19. The second kappa shape index (κ2) is 6.92. The summed E-state index contributed by atoms with van der Waals surface area (Å²) in [5.41, 5.74) is 3.21. The molecule has 22 heavy (non-hydrogen) atoms. The van der Waals surface area contributed by atoms with Gasteiger partial charge in [-0.25, -0.2) is 4.98 Å². The summed E-state index contributed by atoms with van der Waals surface area (Å²) >= 11 is 0. The van der Waals surface area contributed by atoms with E-state index in [1.165, 1.54) is 0 Å². The number of aliphatic hydroxyl groups excluding tert-OH is 1. The van der Waals surface area contributed by atoms with E-state index in [2.05, 4.69) is 48.3 Å². The minimum atomic E-state index is -0.237. The Morgan fingerprint density at radius 1 is 1.45 bits per heavy atom. The van der Waals surface area contributed by atoms with Crippen molar-refractivity contribution in [1.29, 1.82) is 0 Å². The zero-order chi connectivity index (χ0) is 16.2. The maximum Gasteiger partial charge on any atom is 0.127 e. The molecule has 5 heteroatoms. The van der Waals surface area contributed by atoms with Crippen LogP contribution in [0.25, 0.3) is 0 Å². The molecule has 1 aromatic rings. The fourth-order valence-corrected chi connectivity index (χ4v) is 2.77. The van der Waals surface area contributed by atoms with Crippen LogP contribution in [0, 0.1) is 0 Å². The van der Waals surface area contributed by atoms with Gasteiger partial charge in [-0.2, -0.15) is 0 Å². The molecule has 120 valence electrons. The molecule has 5 nitrogen and oxygen atoms in total. The normalized spacial score (nSPS) is 22.4. The van der Waals surface area contributed by atoms with Crippen molar-refractivity contribution in [3.63, 3.8) is 0 Å². The second-order valence-corrected chi connectivity index (χ2v) is 6.02. The Hall–Kier alpha value is -1.88. The molecule has 0 saturated heterocycles. The smallest absolute Gasteiger partial charge is 0.127 e. The molecule has 1 aliphatic rings. The van der Waals surface area contributed by atoms with Gasteiger partial charge in [0.25, 0.3) is 0 Å². The molecular formula is C17H26N4O. The Balaban J connectivity index is 2.21. The predicted octanol–water partition coefficient (Wildman–Crippen LogP) is 3.01. The van der Waals surface area contributed by atoms with E-state index >= 15 is 0 Å². The Morgan fingerprint density at radius 2 is 2.23 bits per heavy atom. The third kappa shape index (κ3) is 3.47. The van der Waals surface area contributed by atoms with Gasteiger partial charge in [-0.05, 0) is 38.0 Å². The summed E-state index contributed by atoms with van der Waals surface area (Å²) in [4.78, 5) is 8.88. The maximum atomic E-state index is 8.97. The molecule has 2 heterocycles. The van der Waals surface area contributed by atoms with Crippen molar-refractivity contribution in [2.45, 2.75) is 52.0 Å². The molecule has 0 aliphatic carbocycles. The van der Waals surface area contributed by atoms with Crippen LogP contribution in [0.15, 0.2) is 34.7 Å². The lowest BCUT2D eigenvalue weighted by molar-refractivity contribution is 0.325. The Labute approximate surface area is 132 Å². The standard InChI is InChI=1S/C17H26N4O/c1-5-6-15-13(3)21-17(4,10-19-15)12(2)14-7-8-18-16(9-14)20-11-22/h7-10,12,21-22H,5-6,11H2,1-4H3,(H,18,20). The number of aliphatic imine (C=N–C) groups is 1. The Bertz CT molecular complexity index is 582. The van der Waals surface area contributed by atoms with Crippen molar-refractivity contribution in [3.8, 4) is 0 Å². The van der Waals surface area contributed by atoms with Crippen LogP contribution >= 0.6 is 0 Å². The molecule has 0 bridgehead atoms. The first-order chi connectivity index (χ1) is 10.5. The second-order valence-electron chi connectivity index (χ2n) is 6.02. The summed E-state index contributed by atoms with van der Waals surface area (Å²) in [5, 5.41) is 15.4. The van der Waals surface area contributed by atoms with Gasteiger partial charge in [0, 0.05) is 24.0 Å². The third-order valence-electron chi connectivity index (χ3n) is 4.31. The number of hydrogen-bond acceptors (Lipinski definition) is 5. The van der Waals surface area contributed by atoms with Gasteiger partial charge in [-0.15, -0.1) is 0 Å². The van der Waals surface area contributed by atoms with Crippen LogP contribution in [0.1, 0.15) is 52.0 Å².